The zero-order valence-corrected chi connectivity index (χ0v) is 17.5. The number of piperidine rings is 1. The van der Waals surface area contributed by atoms with Crippen LogP contribution in [-0.2, 0) is 14.3 Å². The molecule has 2 unspecified atom stereocenters. The van der Waals surface area contributed by atoms with Crippen molar-refractivity contribution >= 4 is 27.7 Å². The third-order valence-corrected chi connectivity index (χ3v) is 5.76. The largest absolute Gasteiger partial charge is 0.480 e. The van der Waals surface area contributed by atoms with Gasteiger partial charge in [-0.1, -0.05) is 6.07 Å². The number of morpholine rings is 1. The average molecular weight is 439 g/mol. The lowest BCUT2D eigenvalue weighted by Crippen LogP contribution is -2.51. The summed E-state index contributed by atoms with van der Waals surface area (Å²) in [5, 5.41) is 0. The number of ether oxygens (including phenoxy) is 2. The number of amides is 2. The molecule has 2 saturated heterocycles. The maximum Gasteiger partial charge on any atom is 0.263 e. The summed E-state index contributed by atoms with van der Waals surface area (Å²) in [5.74, 6) is 0.603. The fourth-order valence-electron chi connectivity index (χ4n) is 3.62. The van der Waals surface area contributed by atoms with Gasteiger partial charge in [0.1, 0.15) is 5.75 Å². The average Bonchev–Trinajstić information content (AvgIpc) is 2.69. The second kappa shape index (κ2) is 9.06. The van der Waals surface area contributed by atoms with E-state index in [1.807, 2.05) is 30.0 Å². The monoisotopic (exact) mass is 438 g/mol. The number of aryl methyl sites for hydroxylation is 1. The van der Waals surface area contributed by atoms with E-state index in [-0.39, 0.29) is 17.7 Å². The van der Waals surface area contributed by atoms with Crippen molar-refractivity contribution in [3.63, 3.8) is 0 Å². The van der Waals surface area contributed by atoms with E-state index in [4.69, 9.17) is 9.47 Å². The molecule has 0 radical (unpaired) electrons. The lowest BCUT2D eigenvalue weighted by molar-refractivity contribution is -0.146. The van der Waals surface area contributed by atoms with E-state index >= 15 is 0 Å². The molecule has 1 aromatic rings. The first-order valence-electron chi connectivity index (χ1n) is 9.54. The summed E-state index contributed by atoms with van der Waals surface area (Å²) in [5.41, 5.74) is 1.12. The minimum atomic E-state index is -0.596. The first-order valence-corrected chi connectivity index (χ1v) is 10.3. The van der Waals surface area contributed by atoms with Crippen molar-refractivity contribution in [2.24, 2.45) is 5.92 Å². The predicted octanol–water partition coefficient (Wildman–Crippen LogP) is 2.62. The molecule has 0 aromatic heterocycles. The van der Waals surface area contributed by atoms with Gasteiger partial charge in [-0.05, 0) is 60.3 Å². The summed E-state index contributed by atoms with van der Waals surface area (Å²) in [6, 6.07) is 5.78. The maximum absolute atomic E-state index is 12.9. The van der Waals surface area contributed by atoms with Crippen LogP contribution in [0.1, 0.15) is 25.3 Å². The quantitative estimate of drug-likeness (QED) is 0.724. The van der Waals surface area contributed by atoms with Crippen LogP contribution >= 0.6 is 15.9 Å². The first kappa shape index (κ1) is 20.1. The Morgan fingerprint density at radius 1 is 1.22 bits per heavy atom. The van der Waals surface area contributed by atoms with Gasteiger partial charge in [-0.3, -0.25) is 9.59 Å². The third-order valence-electron chi connectivity index (χ3n) is 5.14. The van der Waals surface area contributed by atoms with Gasteiger partial charge in [0.15, 0.2) is 6.10 Å². The Labute approximate surface area is 168 Å². The van der Waals surface area contributed by atoms with Gasteiger partial charge in [-0.2, -0.15) is 0 Å². The Balaban J connectivity index is 1.59. The van der Waals surface area contributed by atoms with Crippen LogP contribution in [0.15, 0.2) is 22.7 Å². The number of carbonyl (C=O) groups is 2. The van der Waals surface area contributed by atoms with E-state index in [0.717, 1.165) is 22.9 Å². The molecule has 0 saturated carbocycles. The fourth-order valence-corrected chi connectivity index (χ4v) is 4.21. The second-order valence-electron chi connectivity index (χ2n) is 7.26. The highest BCUT2D eigenvalue weighted by atomic mass is 79.9. The number of hydrogen-bond acceptors (Lipinski definition) is 4. The zero-order valence-electron chi connectivity index (χ0n) is 15.9. The number of benzene rings is 1. The maximum atomic E-state index is 12.9. The fraction of sp³-hybridized carbons (Fsp3) is 0.600. The van der Waals surface area contributed by atoms with Gasteiger partial charge >= 0.3 is 0 Å². The molecule has 7 heteroatoms. The number of nitrogens with zero attached hydrogens (tertiary/aromatic N) is 2. The summed E-state index contributed by atoms with van der Waals surface area (Å²) in [4.78, 5) is 29.3. The Morgan fingerprint density at radius 3 is 2.67 bits per heavy atom. The summed E-state index contributed by atoms with van der Waals surface area (Å²) < 4.78 is 12.0. The van der Waals surface area contributed by atoms with Crippen LogP contribution in [0.25, 0.3) is 0 Å². The van der Waals surface area contributed by atoms with Gasteiger partial charge in [-0.15, -0.1) is 0 Å². The molecule has 2 amide bonds. The Morgan fingerprint density at radius 2 is 1.96 bits per heavy atom. The van der Waals surface area contributed by atoms with Crippen molar-refractivity contribution in [1.29, 1.82) is 0 Å². The molecule has 148 valence electrons. The Hall–Kier alpha value is -1.60. The molecule has 1 aromatic carbocycles. The zero-order chi connectivity index (χ0) is 19.4. The normalized spacial score (nSPS) is 21.7. The van der Waals surface area contributed by atoms with Crippen LogP contribution in [0.2, 0.25) is 0 Å². The van der Waals surface area contributed by atoms with Crippen molar-refractivity contribution in [2.45, 2.75) is 32.8 Å². The lowest BCUT2D eigenvalue weighted by atomic mass is 9.96. The smallest absolute Gasteiger partial charge is 0.263 e. The Kier molecular flexibility index (Phi) is 6.76. The number of halogens is 1. The second-order valence-corrected chi connectivity index (χ2v) is 8.11. The molecule has 0 bridgehead atoms. The molecule has 27 heavy (non-hydrogen) atoms. The van der Waals surface area contributed by atoms with Crippen LogP contribution in [0.3, 0.4) is 0 Å². The van der Waals surface area contributed by atoms with Crippen molar-refractivity contribution in [3.8, 4) is 5.75 Å². The van der Waals surface area contributed by atoms with E-state index < -0.39 is 6.10 Å². The number of rotatable bonds is 4. The minimum absolute atomic E-state index is 0.0676. The lowest BCUT2D eigenvalue weighted by Gasteiger charge is -2.37. The molecule has 0 spiro atoms. The van der Waals surface area contributed by atoms with Gasteiger partial charge in [0.2, 0.25) is 5.91 Å². The van der Waals surface area contributed by atoms with Gasteiger partial charge < -0.3 is 19.3 Å². The third kappa shape index (κ3) is 5.02. The number of carbonyl (C=O) groups excluding carboxylic acids is 2. The highest BCUT2D eigenvalue weighted by molar-refractivity contribution is 9.10. The topological polar surface area (TPSA) is 59.1 Å². The standard InChI is InChI=1S/C20H27BrN2O4/c1-14-5-6-18(17(21)12-14)27-15(2)19(24)23-7-3-4-16(13-23)20(25)22-8-10-26-11-9-22/h5-6,12,15-16H,3-4,7-11,13H2,1-2H3. The van der Waals surface area contributed by atoms with Gasteiger partial charge in [0, 0.05) is 26.2 Å². The van der Waals surface area contributed by atoms with Crippen LogP contribution < -0.4 is 4.74 Å². The Bertz CT molecular complexity index is 691. The molecule has 2 aliphatic rings. The van der Waals surface area contributed by atoms with E-state index in [0.29, 0.717) is 45.1 Å². The SMILES string of the molecule is Cc1ccc(OC(C)C(=O)N2CCCC(C(=O)N3CCOCC3)C2)c(Br)c1. The molecule has 2 heterocycles. The van der Waals surface area contributed by atoms with E-state index in [9.17, 15) is 9.59 Å². The summed E-state index contributed by atoms with van der Waals surface area (Å²) in [7, 11) is 0. The molecular weight excluding hydrogens is 412 g/mol. The summed E-state index contributed by atoms with van der Waals surface area (Å²) in [6.45, 7) is 7.39. The first-order chi connectivity index (χ1) is 13.0. The molecule has 0 aliphatic carbocycles. The molecule has 3 rings (SSSR count). The number of likely N-dealkylation sites (tertiary alicyclic amines) is 1. The van der Waals surface area contributed by atoms with Crippen LogP contribution in [0.4, 0.5) is 0 Å². The van der Waals surface area contributed by atoms with Gasteiger partial charge in [-0.25, -0.2) is 0 Å². The summed E-state index contributed by atoms with van der Waals surface area (Å²) >= 11 is 3.48. The summed E-state index contributed by atoms with van der Waals surface area (Å²) in [6.07, 6.45) is 1.08. The minimum Gasteiger partial charge on any atom is -0.480 e. The van der Waals surface area contributed by atoms with Gasteiger partial charge in [0.25, 0.3) is 5.91 Å². The molecule has 6 nitrogen and oxygen atoms in total. The molecule has 2 fully saturated rings. The van der Waals surface area contributed by atoms with Crippen molar-refractivity contribution in [3.05, 3.63) is 28.2 Å². The van der Waals surface area contributed by atoms with Crippen LogP contribution in [0.5, 0.6) is 5.75 Å². The molecule has 2 aliphatic heterocycles. The number of hydrogen-bond donors (Lipinski definition) is 0. The van der Waals surface area contributed by atoms with E-state index in [1.165, 1.54) is 0 Å². The van der Waals surface area contributed by atoms with Crippen molar-refractivity contribution in [1.82, 2.24) is 9.80 Å². The highest BCUT2D eigenvalue weighted by Gasteiger charge is 2.33. The van der Waals surface area contributed by atoms with Crippen LogP contribution in [0, 0.1) is 12.8 Å². The van der Waals surface area contributed by atoms with Crippen molar-refractivity contribution < 1.29 is 19.1 Å². The van der Waals surface area contributed by atoms with Gasteiger partial charge in [0.05, 0.1) is 23.6 Å². The van der Waals surface area contributed by atoms with E-state index in [2.05, 4.69) is 15.9 Å². The van der Waals surface area contributed by atoms with E-state index in [1.54, 1.807) is 11.8 Å². The molecule has 2 atom stereocenters. The predicted molar refractivity (Wildman–Crippen MR) is 106 cm³/mol. The molecule has 0 N–H and O–H groups in total. The van der Waals surface area contributed by atoms with Crippen LogP contribution in [-0.4, -0.2) is 67.1 Å². The molecular formula is C20H27BrN2O4. The van der Waals surface area contributed by atoms with Crippen molar-refractivity contribution in [2.75, 3.05) is 39.4 Å². The highest BCUT2D eigenvalue weighted by Crippen LogP contribution is 2.27.